The summed E-state index contributed by atoms with van der Waals surface area (Å²) in [6, 6.07) is 18.3. The first kappa shape index (κ1) is 38.8. The van der Waals surface area contributed by atoms with Gasteiger partial charge in [0.05, 0.1) is 26.1 Å². The van der Waals surface area contributed by atoms with E-state index in [2.05, 4.69) is 73.8 Å². The van der Waals surface area contributed by atoms with E-state index in [0.29, 0.717) is 41.7 Å². The number of rotatable bonds is 17. The minimum atomic E-state index is -1.03. The van der Waals surface area contributed by atoms with E-state index in [0.717, 1.165) is 85.7 Å². The standard InChI is InChI=1S/C42H56N8O4/c1-8-10-34(9-2)54-42-45-41(49(27-30-11-15-35(52-6)16-12-30)28-31-13-17-36(53-7)18-14-31)40-44-25-37(50(40)46-42)38(51)33-23-29(3)39(43-24-33)48-21-19-32(20-22-48)26-47(4)5/h11-18,23-25,32,34,38,51H,8-10,19-22,26-28H2,1-7H3. The van der Waals surface area contributed by atoms with E-state index in [4.69, 9.17) is 34.3 Å². The zero-order valence-electron chi connectivity index (χ0n) is 32.9. The number of hydrogen-bond acceptors (Lipinski definition) is 11. The molecule has 12 nitrogen and oxygen atoms in total. The van der Waals surface area contributed by atoms with Crippen molar-refractivity contribution in [1.82, 2.24) is 29.5 Å². The summed E-state index contributed by atoms with van der Waals surface area (Å²) in [5.41, 5.74) is 4.86. The van der Waals surface area contributed by atoms with Crippen molar-refractivity contribution in [2.45, 2.75) is 78.2 Å². The van der Waals surface area contributed by atoms with Gasteiger partial charge in [-0.05, 0) is 99.6 Å². The van der Waals surface area contributed by atoms with Crippen LogP contribution in [-0.4, -0.2) is 88.6 Å². The summed E-state index contributed by atoms with van der Waals surface area (Å²) < 4.78 is 19.0. The first-order valence-electron chi connectivity index (χ1n) is 19.2. The Morgan fingerprint density at radius 2 is 1.52 bits per heavy atom. The monoisotopic (exact) mass is 736 g/mol. The lowest BCUT2D eigenvalue weighted by Gasteiger charge is -2.34. The normalized spacial score (nSPS) is 14.7. The van der Waals surface area contributed by atoms with Crippen molar-refractivity contribution in [3.05, 3.63) is 94.9 Å². The molecular formula is C42H56N8O4. The maximum absolute atomic E-state index is 12.0. The molecule has 0 aliphatic carbocycles. The van der Waals surface area contributed by atoms with Gasteiger partial charge in [0, 0.05) is 44.5 Å². The van der Waals surface area contributed by atoms with Gasteiger partial charge in [-0.2, -0.15) is 4.98 Å². The quantitative estimate of drug-likeness (QED) is 0.108. The maximum atomic E-state index is 12.0. The molecule has 1 saturated heterocycles. The molecule has 12 heteroatoms. The third-order valence-corrected chi connectivity index (χ3v) is 10.3. The molecule has 0 spiro atoms. The van der Waals surface area contributed by atoms with Crippen LogP contribution in [0.5, 0.6) is 17.5 Å². The predicted octanol–water partition coefficient (Wildman–Crippen LogP) is 6.87. The lowest BCUT2D eigenvalue weighted by Crippen LogP contribution is -2.37. The van der Waals surface area contributed by atoms with Gasteiger partial charge in [-0.3, -0.25) is 0 Å². The maximum Gasteiger partial charge on any atom is 0.336 e. The topological polar surface area (TPSA) is 114 Å². The van der Waals surface area contributed by atoms with Crippen LogP contribution in [0.2, 0.25) is 0 Å². The highest BCUT2D eigenvalue weighted by Crippen LogP contribution is 2.32. The molecule has 3 aromatic heterocycles. The van der Waals surface area contributed by atoms with Gasteiger partial charge in [0.15, 0.2) is 11.5 Å². The van der Waals surface area contributed by atoms with Gasteiger partial charge < -0.3 is 34.0 Å². The van der Waals surface area contributed by atoms with E-state index < -0.39 is 6.10 Å². The zero-order valence-corrected chi connectivity index (χ0v) is 32.9. The second-order valence-corrected chi connectivity index (χ2v) is 14.6. The van der Waals surface area contributed by atoms with Gasteiger partial charge in [0.1, 0.15) is 29.5 Å². The number of aliphatic hydroxyl groups is 1. The number of pyridine rings is 1. The highest BCUT2D eigenvalue weighted by molar-refractivity contribution is 5.65. The summed E-state index contributed by atoms with van der Waals surface area (Å²) >= 11 is 0. The number of fused-ring (bicyclic) bond motifs is 1. The van der Waals surface area contributed by atoms with Gasteiger partial charge in [-0.15, -0.1) is 5.10 Å². The minimum Gasteiger partial charge on any atom is -0.497 e. The Balaban J connectivity index is 1.37. The Hall–Kier alpha value is -4.94. The third kappa shape index (κ3) is 9.22. The Kier molecular flexibility index (Phi) is 12.9. The van der Waals surface area contributed by atoms with Crippen LogP contribution < -0.4 is 24.0 Å². The molecule has 2 aromatic carbocycles. The van der Waals surface area contributed by atoms with Crippen LogP contribution in [0.25, 0.3) is 5.65 Å². The van der Waals surface area contributed by atoms with Gasteiger partial charge in [0.25, 0.3) is 0 Å². The molecule has 2 atom stereocenters. The van der Waals surface area contributed by atoms with E-state index in [-0.39, 0.29) is 12.1 Å². The summed E-state index contributed by atoms with van der Waals surface area (Å²) in [7, 11) is 7.61. The van der Waals surface area contributed by atoms with Crippen LogP contribution in [-0.2, 0) is 13.1 Å². The SMILES string of the molecule is CCCC(CC)Oc1nc(N(Cc2ccc(OC)cc2)Cc2ccc(OC)cc2)c2ncc(C(O)c3cnc(N4CCC(CN(C)C)CC4)c(C)c3)n2n1. The largest absolute Gasteiger partial charge is 0.497 e. The molecule has 5 aromatic rings. The molecule has 1 N–H and O–H groups in total. The lowest BCUT2D eigenvalue weighted by atomic mass is 9.96. The summed E-state index contributed by atoms with van der Waals surface area (Å²) in [5, 5.41) is 16.8. The van der Waals surface area contributed by atoms with Crippen LogP contribution in [0.3, 0.4) is 0 Å². The third-order valence-electron chi connectivity index (χ3n) is 10.3. The Labute approximate surface area is 319 Å². The molecule has 2 unspecified atom stereocenters. The Morgan fingerprint density at radius 3 is 2.06 bits per heavy atom. The summed E-state index contributed by atoms with van der Waals surface area (Å²) in [6.07, 6.45) is 7.33. The highest BCUT2D eigenvalue weighted by Gasteiger charge is 2.26. The van der Waals surface area contributed by atoms with Crippen molar-refractivity contribution in [2.24, 2.45) is 5.92 Å². The molecule has 0 amide bonds. The van der Waals surface area contributed by atoms with Gasteiger partial charge in [0.2, 0.25) is 0 Å². The van der Waals surface area contributed by atoms with Crippen LogP contribution >= 0.6 is 0 Å². The van der Waals surface area contributed by atoms with Gasteiger partial charge in [-0.25, -0.2) is 14.5 Å². The second kappa shape index (κ2) is 17.9. The second-order valence-electron chi connectivity index (χ2n) is 14.6. The van der Waals surface area contributed by atoms with Crippen molar-refractivity contribution < 1.29 is 19.3 Å². The van der Waals surface area contributed by atoms with Crippen molar-refractivity contribution in [2.75, 3.05) is 57.7 Å². The van der Waals surface area contributed by atoms with E-state index in [1.54, 1.807) is 31.1 Å². The summed E-state index contributed by atoms with van der Waals surface area (Å²) in [6.45, 7) is 10.4. The summed E-state index contributed by atoms with van der Waals surface area (Å²) in [5.74, 6) is 3.85. The smallest absolute Gasteiger partial charge is 0.336 e. The molecule has 54 heavy (non-hydrogen) atoms. The molecular weight excluding hydrogens is 681 g/mol. The molecule has 1 aliphatic heterocycles. The number of anilines is 2. The number of imidazole rings is 1. The highest BCUT2D eigenvalue weighted by atomic mass is 16.5. The van der Waals surface area contributed by atoms with Crippen molar-refractivity contribution in [1.29, 1.82) is 0 Å². The molecule has 6 rings (SSSR count). The average Bonchev–Trinajstić information content (AvgIpc) is 3.61. The number of ether oxygens (including phenoxy) is 3. The molecule has 4 heterocycles. The summed E-state index contributed by atoms with van der Waals surface area (Å²) in [4.78, 5) is 21.6. The first-order chi connectivity index (χ1) is 26.2. The zero-order chi connectivity index (χ0) is 38.2. The number of aliphatic hydroxyl groups excluding tert-OH is 1. The minimum absolute atomic E-state index is 0.0545. The molecule has 0 bridgehead atoms. The van der Waals surface area contributed by atoms with Crippen molar-refractivity contribution in [3.63, 3.8) is 0 Å². The molecule has 0 saturated carbocycles. The van der Waals surface area contributed by atoms with Crippen LogP contribution in [0.4, 0.5) is 11.6 Å². The molecule has 1 aliphatic rings. The van der Waals surface area contributed by atoms with E-state index in [9.17, 15) is 5.11 Å². The number of methoxy groups -OCH3 is 2. The van der Waals surface area contributed by atoms with E-state index >= 15 is 0 Å². The Morgan fingerprint density at radius 1 is 0.889 bits per heavy atom. The van der Waals surface area contributed by atoms with Crippen molar-refractivity contribution in [3.8, 4) is 17.5 Å². The number of aryl methyl sites for hydroxylation is 1. The number of piperidine rings is 1. The van der Waals surface area contributed by atoms with Gasteiger partial charge >= 0.3 is 6.01 Å². The van der Waals surface area contributed by atoms with Crippen LogP contribution in [0, 0.1) is 12.8 Å². The number of hydrogen-bond donors (Lipinski definition) is 1. The fourth-order valence-electron chi connectivity index (χ4n) is 7.32. The lowest BCUT2D eigenvalue weighted by molar-refractivity contribution is 0.166. The van der Waals surface area contributed by atoms with Crippen LogP contribution in [0.15, 0.2) is 67.0 Å². The molecule has 0 radical (unpaired) electrons. The fraction of sp³-hybridized carbons (Fsp3) is 0.476. The van der Waals surface area contributed by atoms with E-state index in [1.165, 1.54) is 0 Å². The van der Waals surface area contributed by atoms with E-state index in [1.807, 2.05) is 30.3 Å². The Bertz CT molecular complexity index is 1890. The number of nitrogens with zero attached hydrogens (tertiary/aromatic N) is 8. The van der Waals surface area contributed by atoms with Crippen LogP contribution in [0.1, 0.15) is 80.0 Å². The fourth-order valence-corrected chi connectivity index (χ4v) is 7.32. The first-order valence-corrected chi connectivity index (χ1v) is 19.2. The molecule has 1 fully saturated rings. The predicted molar refractivity (Wildman–Crippen MR) is 213 cm³/mol. The number of aromatic nitrogens is 5. The number of benzene rings is 2. The molecule has 288 valence electrons. The van der Waals surface area contributed by atoms with Crippen molar-refractivity contribution >= 4 is 17.3 Å². The average molecular weight is 737 g/mol. The van der Waals surface area contributed by atoms with Gasteiger partial charge in [-0.1, -0.05) is 44.5 Å².